The summed E-state index contributed by atoms with van der Waals surface area (Å²) < 4.78 is 13.4. The Kier molecular flexibility index (Phi) is 3.76. The molecule has 0 radical (unpaired) electrons. The van der Waals surface area contributed by atoms with Crippen LogP contribution in [0.2, 0.25) is 0 Å². The molecule has 0 aliphatic heterocycles. The van der Waals surface area contributed by atoms with Gasteiger partial charge in [-0.1, -0.05) is 13.0 Å². The summed E-state index contributed by atoms with van der Waals surface area (Å²) in [5, 5.41) is 3.30. The molecule has 0 atom stereocenters. The number of nitrogens with two attached hydrogens (primary N) is 2. The molecule has 0 saturated heterocycles. The Hall–Kier alpha value is -1.23. The van der Waals surface area contributed by atoms with Gasteiger partial charge in [0.1, 0.15) is 5.82 Å². The fourth-order valence-electron chi connectivity index (χ4n) is 1.09. The molecule has 76 valence electrons. The van der Waals surface area contributed by atoms with Crippen LogP contribution in [0.25, 0.3) is 0 Å². The van der Waals surface area contributed by atoms with E-state index in [-0.39, 0.29) is 5.84 Å². The third-order valence-electron chi connectivity index (χ3n) is 1.67. The van der Waals surface area contributed by atoms with E-state index < -0.39 is 5.82 Å². The Balaban J connectivity index is 3.22. The second kappa shape index (κ2) is 4.85. The van der Waals surface area contributed by atoms with E-state index in [1.54, 1.807) is 12.1 Å². The third kappa shape index (κ3) is 2.17. The van der Waals surface area contributed by atoms with Gasteiger partial charge in [-0.05, 0) is 17.9 Å². The van der Waals surface area contributed by atoms with Crippen molar-refractivity contribution in [2.45, 2.75) is 11.8 Å². The topological polar surface area (TPSA) is 64.4 Å². The number of hydrogen-bond acceptors (Lipinski definition) is 3. The summed E-state index contributed by atoms with van der Waals surface area (Å²) in [6.07, 6.45) is 0. The number of hydrogen-bond donors (Lipinski definition) is 2. The van der Waals surface area contributed by atoms with E-state index in [0.717, 1.165) is 10.6 Å². The van der Waals surface area contributed by atoms with E-state index in [0.29, 0.717) is 5.56 Å². The predicted molar refractivity (Wildman–Crippen MR) is 57.7 cm³/mol. The van der Waals surface area contributed by atoms with Crippen LogP contribution >= 0.6 is 11.8 Å². The number of halogens is 1. The van der Waals surface area contributed by atoms with Gasteiger partial charge < -0.3 is 11.6 Å². The van der Waals surface area contributed by atoms with Crippen LogP contribution in [-0.2, 0) is 0 Å². The van der Waals surface area contributed by atoms with Crippen LogP contribution in [0.1, 0.15) is 12.5 Å². The molecule has 0 bridgehead atoms. The molecular weight excluding hydrogens is 201 g/mol. The lowest BCUT2D eigenvalue weighted by Crippen LogP contribution is -2.18. The van der Waals surface area contributed by atoms with Crippen LogP contribution in [0.3, 0.4) is 0 Å². The van der Waals surface area contributed by atoms with Gasteiger partial charge in [-0.15, -0.1) is 11.8 Å². The molecule has 0 aromatic heterocycles. The molecule has 1 aromatic rings. The van der Waals surface area contributed by atoms with Crippen LogP contribution in [-0.4, -0.2) is 11.6 Å². The van der Waals surface area contributed by atoms with Gasteiger partial charge >= 0.3 is 0 Å². The molecule has 5 heteroatoms. The number of rotatable bonds is 3. The zero-order valence-electron chi connectivity index (χ0n) is 7.83. The van der Waals surface area contributed by atoms with E-state index in [1.165, 1.54) is 17.8 Å². The van der Waals surface area contributed by atoms with Crippen molar-refractivity contribution in [3.05, 3.63) is 29.6 Å². The molecule has 0 amide bonds. The predicted octanol–water partition coefficient (Wildman–Crippen LogP) is 1.52. The highest BCUT2D eigenvalue weighted by molar-refractivity contribution is 7.99. The Morgan fingerprint density at radius 2 is 2.29 bits per heavy atom. The number of thioether (sulfide) groups is 1. The lowest BCUT2D eigenvalue weighted by Gasteiger charge is -2.07. The maximum absolute atomic E-state index is 13.4. The normalized spacial score (nSPS) is 11.7. The van der Waals surface area contributed by atoms with Gasteiger partial charge in [0.05, 0.1) is 5.56 Å². The van der Waals surface area contributed by atoms with Crippen molar-refractivity contribution in [1.29, 1.82) is 0 Å². The lowest BCUT2D eigenvalue weighted by molar-refractivity contribution is 0.621. The second-order valence-corrected chi connectivity index (χ2v) is 3.87. The monoisotopic (exact) mass is 213 g/mol. The van der Waals surface area contributed by atoms with Crippen LogP contribution < -0.4 is 11.6 Å². The maximum Gasteiger partial charge on any atom is 0.154 e. The molecule has 0 spiro atoms. The Bertz CT molecular complexity index is 352. The smallest absolute Gasteiger partial charge is 0.154 e. The fraction of sp³-hybridized carbons (Fsp3) is 0.222. The second-order valence-electron chi connectivity index (χ2n) is 2.56. The number of benzene rings is 1. The van der Waals surface area contributed by atoms with Crippen molar-refractivity contribution >= 4 is 17.6 Å². The van der Waals surface area contributed by atoms with Gasteiger partial charge in [-0.2, -0.15) is 5.10 Å². The first-order chi connectivity index (χ1) is 6.70. The van der Waals surface area contributed by atoms with E-state index >= 15 is 0 Å². The largest absolute Gasteiger partial charge is 0.382 e. The molecule has 14 heavy (non-hydrogen) atoms. The highest BCUT2D eigenvalue weighted by Crippen LogP contribution is 2.24. The van der Waals surface area contributed by atoms with Gasteiger partial charge in [0.25, 0.3) is 0 Å². The highest BCUT2D eigenvalue weighted by atomic mass is 32.2. The van der Waals surface area contributed by atoms with Gasteiger partial charge in [0.15, 0.2) is 5.84 Å². The molecule has 1 rings (SSSR count). The summed E-state index contributed by atoms with van der Waals surface area (Å²) in [6.45, 7) is 1.98. The van der Waals surface area contributed by atoms with Gasteiger partial charge in [-0.25, -0.2) is 4.39 Å². The molecule has 0 unspecified atom stereocenters. The van der Waals surface area contributed by atoms with Crippen molar-refractivity contribution in [1.82, 2.24) is 0 Å². The zero-order chi connectivity index (χ0) is 10.6. The summed E-state index contributed by atoms with van der Waals surface area (Å²) in [5.74, 6) is 5.50. The summed E-state index contributed by atoms with van der Waals surface area (Å²) in [5.41, 5.74) is 5.79. The first-order valence-electron chi connectivity index (χ1n) is 4.15. The number of nitrogens with zero attached hydrogens (tertiary/aromatic N) is 1. The minimum Gasteiger partial charge on any atom is -0.382 e. The average molecular weight is 213 g/mol. The third-order valence-corrected chi connectivity index (χ3v) is 2.61. The molecule has 0 fully saturated rings. The zero-order valence-corrected chi connectivity index (χ0v) is 8.64. The van der Waals surface area contributed by atoms with Crippen LogP contribution in [0, 0.1) is 5.82 Å². The van der Waals surface area contributed by atoms with Gasteiger partial charge in [0, 0.05) is 4.90 Å². The Morgan fingerprint density at radius 3 is 2.86 bits per heavy atom. The molecule has 4 N–H and O–H groups in total. The lowest BCUT2D eigenvalue weighted by atomic mass is 10.2. The summed E-state index contributed by atoms with van der Waals surface area (Å²) in [4.78, 5) is 0.763. The molecular formula is C9H12FN3S. The van der Waals surface area contributed by atoms with Crippen molar-refractivity contribution in [3.8, 4) is 0 Å². The van der Waals surface area contributed by atoms with Gasteiger partial charge in [-0.3, -0.25) is 0 Å². The van der Waals surface area contributed by atoms with Crippen molar-refractivity contribution < 1.29 is 4.39 Å². The average Bonchev–Trinajstić information content (AvgIpc) is 2.18. The molecule has 0 aliphatic rings. The first kappa shape index (κ1) is 10.8. The van der Waals surface area contributed by atoms with Crippen molar-refractivity contribution in [2.75, 3.05) is 5.75 Å². The van der Waals surface area contributed by atoms with Gasteiger partial charge in [0.2, 0.25) is 0 Å². The molecule has 0 heterocycles. The molecule has 0 aliphatic carbocycles. The SMILES string of the molecule is CCSc1cccc(F)c1/C(N)=N/N. The van der Waals surface area contributed by atoms with E-state index in [9.17, 15) is 4.39 Å². The minimum atomic E-state index is -0.393. The van der Waals surface area contributed by atoms with Crippen LogP contribution in [0.5, 0.6) is 0 Å². The fourth-order valence-corrected chi connectivity index (χ4v) is 1.93. The summed E-state index contributed by atoms with van der Waals surface area (Å²) in [6, 6.07) is 4.78. The van der Waals surface area contributed by atoms with Crippen molar-refractivity contribution in [3.63, 3.8) is 0 Å². The Morgan fingerprint density at radius 1 is 1.57 bits per heavy atom. The molecule has 1 aromatic carbocycles. The standard InChI is InChI=1S/C9H12FN3S/c1-2-14-7-5-3-4-6(10)8(7)9(11)13-12/h3-5H,2,12H2,1H3,(H2,11,13). The quantitative estimate of drug-likeness (QED) is 0.263. The van der Waals surface area contributed by atoms with Crippen molar-refractivity contribution in [2.24, 2.45) is 16.7 Å². The van der Waals surface area contributed by atoms with Crippen LogP contribution in [0.15, 0.2) is 28.2 Å². The van der Waals surface area contributed by atoms with E-state index in [2.05, 4.69) is 5.10 Å². The maximum atomic E-state index is 13.4. The highest BCUT2D eigenvalue weighted by Gasteiger charge is 2.11. The Labute approximate surface area is 86.4 Å². The van der Waals surface area contributed by atoms with E-state index in [1.807, 2.05) is 6.92 Å². The summed E-state index contributed by atoms with van der Waals surface area (Å²) in [7, 11) is 0. The van der Waals surface area contributed by atoms with E-state index in [4.69, 9.17) is 11.6 Å². The number of amidine groups is 1. The first-order valence-corrected chi connectivity index (χ1v) is 5.14. The molecule has 0 saturated carbocycles. The summed E-state index contributed by atoms with van der Waals surface area (Å²) >= 11 is 1.50. The van der Waals surface area contributed by atoms with Crippen LogP contribution in [0.4, 0.5) is 4.39 Å². The minimum absolute atomic E-state index is 0.0269. The number of hydrazone groups is 1. The molecule has 3 nitrogen and oxygen atoms in total.